The molecule has 2 aromatic carbocycles. The zero-order valence-electron chi connectivity index (χ0n) is 14.1. The molecule has 0 saturated carbocycles. The molecule has 0 aliphatic heterocycles. The molecule has 1 N–H and O–H groups in total. The summed E-state index contributed by atoms with van der Waals surface area (Å²) in [6.07, 6.45) is 3.48. The zero-order chi connectivity index (χ0) is 17.5. The van der Waals surface area contributed by atoms with Gasteiger partial charge in [0.15, 0.2) is 6.61 Å². The number of hydrogen-bond acceptors (Lipinski definition) is 3. The molecule has 0 spiro atoms. The van der Waals surface area contributed by atoms with Crippen LogP contribution in [0.15, 0.2) is 79.1 Å². The van der Waals surface area contributed by atoms with Crippen molar-refractivity contribution in [1.29, 1.82) is 0 Å². The minimum Gasteiger partial charge on any atom is -0.484 e. The van der Waals surface area contributed by atoms with Gasteiger partial charge in [0.05, 0.1) is 6.04 Å². The van der Waals surface area contributed by atoms with Crippen LogP contribution in [-0.2, 0) is 4.79 Å². The van der Waals surface area contributed by atoms with Gasteiger partial charge in [0.25, 0.3) is 5.91 Å². The van der Waals surface area contributed by atoms with Crippen molar-refractivity contribution < 1.29 is 9.53 Å². The van der Waals surface area contributed by atoms with Crippen LogP contribution >= 0.6 is 0 Å². The highest BCUT2D eigenvalue weighted by molar-refractivity contribution is 5.78. The number of carbonyl (C=O) groups excluding carboxylic acids is 1. The third-order valence-corrected chi connectivity index (χ3v) is 3.82. The molecule has 4 heteroatoms. The lowest BCUT2D eigenvalue weighted by molar-refractivity contribution is -0.123. The molecule has 0 aliphatic carbocycles. The summed E-state index contributed by atoms with van der Waals surface area (Å²) in [4.78, 5) is 16.6. The number of benzene rings is 2. The van der Waals surface area contributed by atoms with Crippen LogP contribution in [0, 0.1) is 6.92 Å². The molecular weight excluding hydrogens is 312 g/mol. The van der Waals surface area contributed by atoms with E-state index in [0.29, 0.717) is 5.75 Å². The maximum absolute atomic E-state index is 12.4. The second-order valence-electron chi connectivity index (χ2n) is 5.80. The van der Waals surface area contributed by atoms with Gasteiger partial charge in [-0.15, -0.1) is 0 Å². The van der Waals surface area contributed by atoms with Gasteiger partial charge in [0.2, 0.25) is 0 Å². The molecular formula is C21H20N2O2. The number of rotatable bonds is 6. The molecule has 1 atom stereocenters. The maximum Gasteiger partial charge on any atom is 0.258 e. The predicted octanol–water partition coefficient (Wildman–Crippen LogP) is 3.67. The number of amides is 1. The van der Waals surface area contributed by atoms with Crippen molar-refractivity contribution >= 4 is 5.91 Å². The predicted molar refractivity (Wildman–Crippen MR) is 97.3 cm³/mol. The first kappa shape index (κ1) is 16.7. The number of aromatic nitrogens is 1. The van der Waals surface area contributed by atoms with Crippen molar-refractivity contribution in [3.8, 4) is 5.75 Å². The summed E-state index contributed by atoms with van der Waals surface area (Å²) >= 11 is 0. The average molecular weight is 332 g/mol. The Morgan fingerprint density at radius 1 is 1.04 bits per heavy atom. The highest BCUT2D eigenvalue weighted by atomic mass is 16.5. The smallest absolute Gasteiger partial charge is 0.258 e. The third-order valence-electron chi connectivity index (χ3n) is 3.82. The Labute approximate surface area is 147 Å². The van der Waals surface area contributed by atoms with Gasteiger partial charge < -0.3 is 10.1 Å². The first-order chi connectivity index (χ1) is 12.2. The van der Waals surface area contributed by atoms with Crippen molar-refractivity contribution in [3.63, 3.8) is 0 Å². The van der Waals surface area contributed by atoms with E-state index in [9.17, 15) is 4.79 Å². The van der Waals surface area contributed by atoms with Crippen molar-refractivity contribution in [2.45, 2.75) is 13.0 Å². The monoisotopic (exact) mass is 332 g/mol. The first-order valence-electron chi connectivity index (χ1n) is 8.16. The molecule has 4 nitrogen and oxygen atoms in total. The van der Waals surface area contributed by atoms with Crippen LogP contribution in [0.25, 0.3) is 0 Å². The van der Waals surface area contributed by atoms with Crippen LogP contribution in [-0.4, -0.2) is 17.5 Å². The van der Waals surface area contributed by atoms with Gasteiger partial charge in [0.1, 0.15) is 5.75 Å². The molecule has 3 aromatic rings. The number of hydrogen-bond donors (Lipinski definition) is 1. The van der Waals surface area contributed by atoms with Gasteiger partial charge in [-0.1, -0.05) is 48.5 Å². The molecule has 1 heterocycles. The van der Waals surface area contributed by atoms with Crippen LogP contribution < -0.4 is 10.1 Å². The Hall–Kier alpha value is -3.14. The van der Waals surface area contributed by atoms with E-state index in [1.807, 2.05) is 73.7 Å². The van der Waals surface area contributed by atoms with Crippen LogP contribution in [0.3, 0.4) is 0 Å². The quantitative estimate of drug-likeness (QED) is 0.749. The average Bonchev–Trinajstić information content (AvgIpc) is 2.66. The standard InChI is InChI=1S/C21H20N2O2/c1-16-7-5-11-19(13-16)25-15-20(24)23-21(17-8-3-2-4-9-17)18-10-6-12-22-14-18/h2-14,21H,15H2,1H3,(H,23,24). The van der Waals surface area contributed by atoms with Gasteiger partial charge in [-0.25, -0.2) is 0 Å². The van der Waals surface area contributed by atoms with E-state index in [4.69, 9.17) is 4.74 Å². The Morgan fingerprint density at radius 3 is 2.56 bits per heavy atom. The van der Waals surface area contributed by atoms with Gasteiger partial charge in [-0.3, -0.25) is 9.78 Å². The van der Waals surface area contributed by atoms with E-state index in [2.05, 4.69) is 10.3 Å². The fourth-order valence-corrected chi connectivity index (χ4v) is 2.61. The van der Waals surface area contributed by atoms with Crippen LogP contribution in [0.4, 0.5) is 0 Å². The number of ether oxygens (including phenoxy) is 1. The van der Waals surface area contributed by atoms with Crippen molar-refractivity contribution in [2.75, 3.05) is 6.61 Å². The van der Waals surface area contributed by atoms with Crippen molar-refractivity contribution in [1.82, 2.24) is 10.3 Å². The molecule has 0 aliphatic rings. The topological polar surface area (TPSA) is 51.2 Å². The molecule has 126 valence electrons. The Balaban J connectivity index is 1.71. The summed E-state index contributed by atoms with van der Waals surface area (Å²) in [6.45, 7) is 1.95. The van der Waals surface area contributed by atoms with Crippen molar-refractivity contribution in [2.24, 2.45) is 0 Å². The summed E-state index contributed by atoms with van der Waals surface area (Å²) in [5, 5.41) is 3.03. The van der Waals surface area contributed by atoms with Crippen molar-refractivity contribution in [3.05, 3.63) is 95.8 Å². The molecule has 0 radical (unpaired) electrons. The summed E-state index contributed by atoms with van der Waals surface area (Å²) in [5.41, 5.74) is 3.02. The SMILES string of the molecule is Cc1cccc(OCC(=O)NC(c2ccccc2)c2cccnc2)c1. The second kappa shape index (κ2) is 8.11. The Kier molecular flexibility index (Phi) is 5.42. The molecule has 1 unspecified atom stereocenters. The summed E-state index contributed by atoms with van der Waals surface area (Å²) < 4.78 is 5.59. The second-order valence-corrected chi connectivity index (χ2v) is 5.80. The molecule has 3 rings (SSSR count). The fraction of sp³-hybridized carbons (Fsp3) is 0.143. The summed E-state index contributed by atoms with van der Waals surface area (Å²) in [6, 6.07) is 21.0. The summed E-state index contributed by atoms with van der Waals surface area (Å²) in [7, 11) is 0. The number of nitrogens with one attached hydrogen (secondary N) is 1. The highest BCUT2D eigenvalue weighted by Crippen LogP contribution is 2.21. The first-order valence-corrected chi connectivity index (χ1v) is 8.16. The van der Waals surface area contributed by atoms with Gasteiger partial charge in [-0.05, 0) is 41.8 Å². The van der Waals surface area contributed by atoms with Crippen LogP contribution in [0.2, 0.25) is 0 Å². The van der Waals surface area contributed by atoms with Crippen LogP contribution in [0.1, 0.15) is 22.7 Å². The lowest BCUT2D eigenvalue weighted by Crippen LogP contribution is -2.33. The van der Waals surface area contributed by atoms with E-state index in [1.165, 1.54) is 0 Å². The fourth-order valence-electron chi connectivity index (χ4n) is 2.61. The maximum atomic E-state index is 12.4. The molecule has 1 aromatic heterocycles. The summed E-state index contributed by atoms with van der Waals surface area (Å²) in [5.74, 6) is 0.506. The molecule has 0 fully saturated rings. The number of pyridine rings is 1. The Morgan fingerprint density at radius 2 is 1.84 bits per heavy atom. The molecule has 0 saturated heterocycles. The van der Waals surface area contributed by atoms with E-state index < -0.39 is 0 Å². The largest absolute Gasteiger partial charge is 0.484 e. The third kappa shape index (κ3) is 4.67. The van der Waals surface area contributed by atoms with Crippen LogP contribution in [0.5, 0.6) is 5.75 Å². The van der Waals surface area contributed by atoms with Gasteiger partial charge >= 0.3 is 0 Å². The Bertz CT molecular complexity index is 780. The molecule has 0 bridgehead atoms. The van der Waals surface area contributed by atoms with E-state index in [0.717, 1.165) is 16.7 Å². The number of aryl methyl sites for hydroxylation is 1. The lowest BCUT2D eigenvalue weighted by atomic mass is 10.0. The number of nitrogens with zero attached hydrogens (tertiary/aromatic N) is 1. The van der Waals surface area contributed by atoms with E-state index >= 15 is 0 Å². The highest BCUT2D eigenvalue weighted by Gasteiger charge is 2.17. The van der Waals surface area contributed by atoms with Gasteiger partial charge in [-0.2, -0.15) is 0 Å². The van der Waals surface area contributed by atoms with E-state index in [1.54, 1.807) is 12.4 Å². The molecule has 1 amide bonds. The van der Waals surface area contributed by atoms with E-state index in [-0.39, 0.29) is 18.6 Å². The normalized spacial score (nSPS) is 11.6. The minimum atomic E-state index is -0.261. The van der Waals surface area contributed by atoms with Gasteiger partial charge in [0, 0.05) is 12.4 Å². The lowest BCUT2D eigenvalue weighted by Gasteiger charge is -2.19. The minimum absolute atomic E-state index is 0.0347. The zero-order valence-corrected chi connectivity index (χ0v) is 14.1. The number of carbonyl (C=O) groups is 1. The molecule has 25 heavy (non-hydrogen) atoms.